The van der Waals surface area contributed by atoms with Gasteiger partial charge in [-0.25, -0.2) is 0 Å². The molecule has 0 saturated heterocycles. The minimum Gasteiger partial charge on any atom is -0.457 e. The summed E-state index contributed by atoms with van der Waals surface area (Å²) >= 11 is 0. The zero-order valence-corrected chi connectivity index (χ0v) is 13.6. The minimum absolute atomic E-state index is 0.812. The second kappa shape index (κ2) is 7.97. The molecule has 0 aliphatic rings. The summed E-state index contributed by atoms with van der Waals surface area (Å²) in [6.45, 7) is 2.14. The maximum Gasteiger partial charge on any atom is 0.127 e. The van der Waals surface area contributed by atoms with E-state index in [0.29, 0.717) is 0 Å². The van der Waals surface area contributed by atoms with Crippen LogP contribution < -0.4 is 10.2 Å². The van der Waals surface area contributed by atoms with Gasteiger partial charge in [0.25, 0.3) is 0 Å². The Labute approximate surface area is 142 Å². The summed E-state index contributed by atoms with van der Waals surface area (Å²) in [7, 11) is 0. The SMILES string of the molecule is CCc1ccc(Oc2ccc(C=NNc3ccccc3)cc2)cc1. The molecule has 3 nitrogen and oxygen atoms in total. The lowest BCUT2D eigenvalue weighted by Crippen LogP contribution is -1.90. The quantitative estimate of drug-likeness (QED) is 0.482. The largest absolute Gasteiger partial charge is 0.457 e. The second-order valence-electron chi connectivity index (χ2n) is 5.40. The zero-order valence-electron chi connectivity index (χ0n) is 13.6. The number of benzene rings is 3. The number of hydrogen-bond acceptors (Lipinski definition) is 3. The Kier molecular flexibility index (Phi) is 5.25. The second-order valence-corrected chi connectivity index (χ2v) is 5.40. The van der Waals surface area contributed by atoms with Crippen molar-refractivity contribution in [3.8, 4) is 11.5 Å². The summed E-state index contributed by atoms with van der Waals surface area (Å²) in [4.78, 5) is 0. The van der Waals surface area contributed by atoms with E-state index in [1.165, 1.54) is 5.56 Å². The Balaban J connectivity index is 1.58. The number of para-hydroxylation sites is 1. The lowest BCUT2D eigenvalue weighted by atomic mass is 10.2. The van der Waals surface area contributed by atoms with Crippen LogP contribution in [0.1, 0.15) is 18.1 Å². The van der Waals surface area contributed by atoms with E-state index in [-0.39, 0.29) is 0 Å². The third-order valence-corrected chi connectivity index (χ3v) is 3.63. The van der Waals surface area contributed by atoms with Gasteiger partial charge < -0.3 is 4.74 Å². The average Bonchev–Trinajstić information content (AvgIpc) is 2.65. The molecule has 0 radical (unpaired) electrons. The van der Waals surface area contributed by atoms with E-state index in [2.05, 4.69) is 29.6 Å². The molecule has 0 heterocycles. The van der Waals surface area contributed by atoms with Crippen molar-refractivity contribution in [2.45, 2.75) is 13.3 Å². The molecule has 0 amide bonds. The predicted octanol–water partition coefficient (Wildman–Crippen LogP) is 5.49. The summed E-state index contributed by atoms with van der Waals surface area (Å²) in [5.41, 5.74) is 6.27. The Hall–Kier alpha value is -3.07. The molecule has 1 N–H and O–H groups in total. The third-order valence-electron chi connectivity index (χ3n) is 3.63. The molecular formula is C21H20N2O. The summed E-state index contributed by atoms with van der Waals surface area (Å²) in [5, 5.41) is 4.23. The molecule has 0 aliphatic heterocycles. The highest BCUT2D eigenvalue weighted by Crippen LogP contribution is 2.22. The normalized spacial score (nSPS) is 10.7. The first-order valence-electron chi connectivity index (χ1n) is 8.04. The fourth-order valence-corrected chi connectivity index (χ4v) is 2.25. The first-order chi connectivity index (χ1) is 11.8. The van der Waals surface area contributed by atoms with Crippen molar-refractivity contribution in [1.82, 2.24) is 0 Å². The van der Waals surface area contributed by atoms with E-state index in [0.717, 1.165) is 29.2 Å². The standard InChI is InChI=1S/C21H20N2O/c1-2-17-8-12-20(13-9-17)24-21-14-10-18(11-15-21)16-22-23-19-6-4-3-5-7-19/h3-16,23H,2H2,1H3. The smallest absolute Gasteiger partial charge is 0.127 e. The summed E-state index contributed by atoms with van der Waals surface area (Å²) < 4.78 is 5.85. The molecule has 0 aliphatic carbocycles. The van der Waals surface area contributed by atoms with Crippen LogP contribution in [0.3, 0.4) is 0 Å². The average molecular weight is 316 g/mol. The highest BCUT2D eigenvalue weighted by molar-refractivity contribution is 5.80. The van der Waals surface area contributed by atoms with E-state index >= 15 is 0 Å². The molecule has 0 unspecified atom stereocenters. The predicted molar refractivity (Wildman–Crippen MR) is 100.0 cm³/mol. The molecule has 3 rings (SSSR count). The van der Waals surface area contributed by atoms with Gasteiger partial charge in [0, 0.05) is 0 Å². The van der Waals surface area contributed by atoms with Gasteiger partial charge in [-0.15, -0.1) is 0 Å². The third kappa shape index (κ3) is 4.46. The van der Waals surface area contributed by atoms with Crippen LogP contribution in [0.15, 0.2) is 84.0 Å². The first kappa shape index (κ1) is 15.8. The van der Waals surface area contributed by atoms with Crippen molar-refractivity contribution in [1.29, 1.82) is 0 Å². The molecule has 0 atom stereocenters. The number of nitrogens with one attached hydrogen (secondary N) is 1. The molecule has 3 aromatic carbocycles. The monoisotopic (exact) mass is 316 g/mol. The Bertz CT molecular complexity index is 778. The van der Waals surface area contributed by atoms with E-state index in [4.69, 9.17) is 4.74 Å². The van der Waals surface area contributed by atoms with Crippen LogP contribution in [0.5, 0.6) is 11.5 Å². The van der Waals surface area contributed by atoms with Gasteiger partial charge in [-0.1, -0.05) is 37.3 Å². The van der Waals surface area contributed by atoms with Crippen LogP contribution in [0.25, 0.3) is 0 Å². The van der Waals surface area contributed by atoms with Gasteiger partial charge in [-0.05, 0) is 66.1 Å². The Morgan fingerprint density at radius 3 is 2.08 bits per heavy atom. The first-order valence-corrected chi connectivity index (χ1v) is 8.04. The number of nitrogens with zero attached hydrogens (tertiary/aromatic N) is 1. The lowest BCUT2D eigenvalue weighted by molar-refractivity contribution is 0.482. The molecule has 0 spiro atoms. The van der Waals surface area contributed by atoms with Gasteiger partial charge in [0.2, 0.25) is 0 Å². The molecule has 0 aromatic heterocycles. The Morgan fingerprint density at radius 1 is 0.833 bits per heavy atom. The fraction of sp³-hybridized carbons (Fsp3) is 0.0952. The van der Waals surface area contributed by atoms with Gasteiger partial charge in [0.05, 0.1) is 11.9 Å². The van der Waals surface area contributed by atoms with Crippen LogP contribution in [0.4, 0.5) is 5.69 Å². The molecule has 0 bridgehead atoms. The highest BCUT2D eigenvalue weighted by atomic mass is 16.5. The maximum atomic E-state index is 5.85. The molecule has 24 heavy (non-hydrogen) atoms. The van der Waals surface area contributed by atoms with E-state index in [9.17, 15) is 0 Å². The van der Waals surface area contributed by atoms with Gasteiger partial charge in [0.15, 0.2) is 0 Å². The maximum absolute atomic E-state index is 5.85. The van der Waals surface area contributed by atoms with Gasteiger partial charge in [0.1, 0.15) is 11.5 Å². The van der Waals surface area contributed by atoms with Crippen LogP contribution in [0, 0.1) is 0 Å². The van der Waals surface area contributed by atoms with Gasteiger partial charge >= 0.3 is 0 Å². The molecule has 3 aromatic rings. The highest BCUT2D eigenvalue weighted by Gasteiger charge is 1.98. The topological polar surface area (TPSA) is 33.6 Å². The Morgan fingerprint density at radius 2 is 1.46 bits per heavy atom. The molecule has 0 saturated carbocycles. The zero-order chi connectivity index (χ0) is 16.6. The van der Waals surface area contributed by atoms with Crippen LogP contribution >= 0.6 is 0 Å². The molecule has 120 valence electrons. The van der Waals surface area contributed by atoms with Crippen molar-refractivity contribution in [3.05, 3.63) is 90.0 Å². The van der Waals surface area contributed by atoms with Gasteiger partial charge in [-0.3, -0.25) is 5.43 Å². The minimum atomic E-state index is 0.812. The molecule has 3 heteroatoms. The van der Waals surface area contributed by atoms with E-state index in [1.807, 2.05) is 66.7 Å². The van der Waals surface area contributed by atoms with Crippen molar-refractivity contribution in [2.24, 2.45) is 5.10 Å². The van der Waals surface area contributed by atoms with Crippen LogP contribution in [-0.2, 0) is 6.42 Å². The van der Waals surface area contributed by atoms with Crippen LogP contribution in [-0.4, -0.2) is 6.21 Å². The van der Waals surface area contributed by atoms with Crippen molar-refractivity contribution in [3.63, 3.8) is 0 Å². The number of anilines is 1. The van der Waals surface area contributed by atoms with Crippen molar-refractivity contribution < 1.29 is 4.74 Å². The lowest BCUT2D eigenvalue weighted by Gasteiger charge is -2.06. The fourth-order valence-electron chi connectivity index (χ4n) is 2.25. The van der Waals surface area contributed by atoms with E-state index < -0.39 is 0 Å². The number of hydrogen-bond donors (Lipinski definition) is 1. The summed E-state index contributed by atoms with van der Waals surface area (Å²) in [5.74, 6) is 1.66. The van der Waals surface area contributed by atoms with Crippen molar-refractivity contribution >= 4 is 11.9 Å². The number of hydrazone groups is 1. The number of ether oxygens (including phenoxy) is 1. The van der Waals surface area contributed by atoms with Crippen molar-refractivity contribution in [2.75, 3.05) is 5.43 Å². The summed E-state index contributed by atoms with van der Waals surface area (Å²) in [6.07, 6.45) is 2.82. The number of rotatable bonds is 6. The summed E-state index contributed by atoms with van der Waals surface area (Å²) in [6, 6.07) is 25.9. The number of aryl methyl sites for hydroxylation is 1. The molecular weight excluding hydrogens is 296 g/mol. The van der Waals surface area contributed by atoms with Gasteiger partial charge in [-0.2, -0.15) is 5.10 Å². The molecule has 0 fully saturated rings. The van der Waals surface area contributed by atoms with E-state index in [1.54, 1.807) is 6.21 Å². The van der Waals surface area contributed by atoms with Crippen LogP contribution in [0.2, 0.25) is 0 Å².